The van der Waals surface area contributed by atoms with E-state index >= 15 is 0 Å². The van der Waals surface area contributed by atoms with Gasteiger partial charge in [0, 0.05) is 13.0 Å². The van der Waals surface area contributed by atoms with Crippen LogP contribution in [-0.2, 0) is 41.6 Å². The third kappa shape index (κ3) is 13.2. The van der Waals surface area contributed by atoms with Gasteiger partial charge in [-0.2, -0.15) is 0 Å². The Bertz CT molecular complexity index is 1460. The average Bonchev–Trinajstić information content (AvgIpc) is 3.10. The number of aliphatic hydroxyl groups excluding tert-OH is 4. The average molecular weight is 717 g/mol. The number of rotatable bonds is 17. The van der Waals surface area contributed by atoms with Crippen LogP contribution in [0.25, 0.3) is 0 Å². The van der Waals surface area contributed by atoms with E-state index in [2.05, 4.69) is 26.6 Å². The van der Waals surface area contributed by atoms with Crippen molar-refractivity contribution >= 4 is 29.5 Å². The van der Waals surface area contributed by atoms with Crippen molar-refractivity contribution in [1.29, 1.82) is 0 Å². The SMILES string of the molecule is CC(C)C[C@H](NC(=O)[C@H](Cc1ccccc1)NC(=O)CNC(=O)CNC(=O)[C@@H](N)Cc1ccc(O)cc1)C(=O)NC[C@H]1O[C@H](O)[C@H](O)[C@@H](O)[C@@H]1O. The van der Waals surface area contributed by atoms with E-state index < -0.39 is 91.5 Å². The van der Waals surface area contributed by atoms with Crippen LogP contribution in [0.3, 0.4) is 0 Å². The maximum absolute atomic E-state index is 13.6. The van der Waals surface area contributed by atoms with E-state index in [9.17, 15) is 49.5 Å². The zero-order valence-electron chi connectivity index (χ0n) is 28.4. The Morgan fingerprint density at radius 1 is 0.706 bits per heavy atom. The Morgan fingerprint density at radius 3 is 1.98 bits per heavy atom. The van der Waals surface area contributed by atoms with Crippen LogP contribution in [0, 0.1) is 5.92 Å². The summed E-state index contributed by atoms with van der Waals surface area (Å²) >= 11 is 0. The van der Waals surface area contributed by atoms with Crippen LogP contribution >= 0.6 is 0 Å². The maximum atomic E-state index is 13.6. The molecule has 0 spiro atoms. The number of aromatic hydroxyl groups is 1. The number of amides is 5. The third-order valence-corrected chi connectivity index (χ3v) is 8.04. The van der Waals surface area contributed by atoms with Crippen LogP contribution in [0.15, 0.2) is 54.6 Å². The number of carbonyl (C=O) groups excluding carboxylic acids is 5. The normalized spacial score (nSPS) is 21.8. The molecule has 8 atom stereocenters. The highest BCUT2D eigenvalue weighted by atomic mass is 16.6. The number of phenolic OH excluding ortho intramolecular Hbond substituents is 1. The van der Waals surface area contributed by atoms with Gasteiger partial charge in [0.1, 0.15) is 42.2 Å². The molecule has 280 valence electrons. The predicted molar refractivity (Wildman–Crippen MR) is 181 cm³/mol. The highest BCUT2D eigenvalue weighted by Crippen LogP contribution is 2.19. The van der Waals surface area contributed by atoms with Crippen molar-refractivity contribution in [3.63, 3.8) is 0 Å². The molecular weight excluding hydrogens is 668 g/mol. The van der Waals surface area contributed by atoms with Gasteiger partial charge in [0.2, 0.25) is 29.5 Å². The summed E-state index contributed by atoms with van der Waals surface area (Å²) in [6, 6.07) is 11.7. The van der Waals surface area contributed by atoms with Gasteiger partial charge >= 0.3 is 0 Å². The Hall–Kier alpha value is -4.65. The maximum Gasteiger partial charge on any atom is 0.243 e. The second-order valence-electron chi connectivity index (χ2n) is 12.8. The number of nitrogens with one attached hydrogen (secondary N) is 5. The lowest BCUT2D eigenvalue weighted by Gasteiger charge is -2.38. The van der Waals surface area contributed by atoms with E-state index in [0.717, 1.165) is 0 Å². The van der Waals surface area contributed by atoms with E-state index in [1.807, 2.05) is 13.8 Å². The summed E-state index contributed by atoms with van der Waals surface area (Å²) in [5.74, 6) is -3.37. The van der Waals surface area contributed by atoms with Gasteiger partial charge in [0.05, 0.1) is 19.1 Å². The summed E-state index contributed by atoms with van der Waals surface area (Å²) in [6.45, 7) is 2.30. The summed E-state index contributed by atoms with van der Waals surface area (Å²) in [5, 5.41) is 61.6. The summed E-state index contributed by atoms with van der Waals surface area (Å²) in [5.41, 5.74) is 7.32. The van der Waals surface area contributed by atoms with Crippen LogP contribution < -0.4 is 32.3 Å². The molecule has 0 aromatic heterocycles. The Morgan fingerprint density at radius 2 is 1.33 bits per heavy atom. The summed E-state index contributed by atoms with van der Waals surface area (Å²) < 4.78 is 5.11. The molecular formula is C34H48N6O11. The quantitative estimate of drug-likeness (QED) is 0.0767. The van der Waals surface area contributed by atoms with Gasteiger partial charge in [-0.05, 0) is 42.0 Å². The minimum atomic E-state index is -1.79. The van der Waals surface area contributed by atoms with Crippen LogP contribution in [0.2, 0.25) is 0 Å². The molecule has 17 nitrogen and oxygen atoms in total. The molecule has 2 aromatic carbocycles. The fraction of sp³-hybridized carbons (Fsp3) is 0.500. The third-order valence-electron chi connectivity index (χ3n) is 8.04. The molecule has 0 saturated carbocycles. The first-order valence-corrected chi connectivity index (χ1v) is 16.5. The monoisotopic (exact) mass is 716 g/mol. The van der Waals surface area contributed by atoms with Crippen molar-refractivity contribution in [3.05, 3.63) is 65.7 Å². The molecule has 2 aromatic rings. The zero-order valence-corrected chi connectivity index (χ0v) is 28.4. The number of hydrogen-bond acceptors (Lipinski definition) is 12. The van der Waals surface area contributed by atoms with Crippen molar-refractivity contribution in [1.82, 2.24) is 26.6 Å². The van der Waals surface area contributed by atoms with Crippen LogP contribution in [0.4, 0.5) is 0 Å². The first-order chi connectivity index (χ1) is 24.1. The van der Waals surface area contributed by atoms with Crippen LogP contribution in [0.1, 0.15) is 31.4 Å². The molecule has 12 N–H and O–H groups in total. The van der Waals surface area contributed by atoms with Gasteiger partial charge in [-0.1, -0.05) is 56.3 Å². The standard InChI is InChI=1S/C34H48N6O11/c1-18(2)12-23(32(48)37-15-25-28(44)29(45)30(46)34(50)51-25)40-33(49)24(14-19-6-4-3-5-7-19)39-27(43)17-36-26(42)16-38-31(47)22(35)13-20-8-10-21(41)11-9-20/h3-11,18,22-25,28-30,34,41,44-46,50H,12-17,35H2,1-2H3,(H,36,42)(H,37,48)(H,38,47)(H,39,43)(H,40,49)/t22-,23-,24-,25+,28+,29-,30+,34-/m0/s1. The number of nitrogens with two attached hydrogens (primary N) is 1. The number of hydrogen-bond donors (Lipinski definition) is 11. The Balaban J connectivity index is 1.57. The van der Waals surface area contributed by atoms with Gasteiger partial charge in [-0.3, -0.25) is 24.0 Å². The highest BCUT2D eigenvalue weighted by Gasteiger charge is 2.43. The molecule has 17 heteroatoms. The minimum absolute atomic E-state index is 0.0393. The smallest absolute Gasteiger partial charge is 0.243 e. The number of benzene rings is 2. The van der Waals surface area contributed by atoms with E-state index in [1.165, 1.54) is 12.1 Å². The molecule has 1 fully saturated rings. The number of phenols is 1. The summed E-state index contributed by atoms with van der Waals surface area (Å²) in [6.07, 6.45) is -7.72. The van der Waals surface area contributed by atoms with Crippen molar-refractivity contribution in [2.45, 2.75) is 81.9 Å². The lowest BCUT2D eigenvalue weighted by Crippen LogP contribution is -2.61. The van der Waals surface area contributed by atoms with E-state index in [1.54, 1.807) is 42.5 Å². The lowest BCUT2D eigenvalue weighted by atomic mass is 9.98. The minimum Gasteiger partial charge on any atom is -0.508 e. The number of aliphatic hydroxyl groups is 4. The molecule has 0 radical (unpaired) electrons. The molecule has 1 heterocycles. The first-order valence-electron chi connectivity index (χ1n) is 16.5. The van der Waals surface area contributed by atoms with Crippen molar-refractivity contribution in [2.75, 3.05) is 19.6 Å². The van der Waals surface area contributed by atoms with E-state index in [-0.39, 0.29) is 37.5 Å². The number of ether oxygens (including phenoxy) is 1. The molecule has 0 bridgehead atoms. The van der Waals surface area contributed by atoms with E-state index in [4.69, 9.17) is 10.5 Å². The largest absolute Gasteiger partial charge is 0.508 e. The molecule has 1 aliphatic heterocycles. The molecule has 5 amide bonds. The van der Waals surface area contributed by atoms with Gasteiger partial charge in [0.25, 0.3) is 0 Å². The van der Waals surface area contributed by atoms with Crippen molar-refractivity contribution < 1.29 is 54.2 Å². The Labute approximate surface area is 294 Å². The lowest BCUT2D eigenvalue weighted by molar-refractivity contribution is -0.280. The molecule has 0 unspecified atom stereocenters. The zero-order chi connectivity index (χ0) is 37.7. The van der Waals surface area contributed by atoms with E-state index in [0.29, 0.717) is 11.1 Å². The topological polar surface area (TPSA) is 282 Å². The van der Waals surface area contributed by atoms with Gasteiger partial charge in [-0.25, -0.2) is 0 Å². The molecule has 51 heavy (non-hydrogen) atoms. The molecule has 3 rings (SSSR count). The van der Waals surface area contributed by atoms with Gasteiger partial charge < -0.3 is 62.6 Å². The van der Waals surface area contributed by atoms with Crippen molar-refractivity contribution in [3.8, 4) is 5.75 Å². The molecule has 1 saturated heterocycles. The number of carbonyl (C=O) groups is 5. The predicted octanol–water partition coefficient (Wildman–Crippen LogP) is -3.33. The Kier molecular flexibility index (Phi) is 15.7. The van der Waals surface area contributed by atoms with Crippen LogP contribution in [-0.4, -0.2) is 124 Å². The fourth-order valence-electron chi connectivity index (χ4n) is 5.22. The van der Waals surface area contributed by atoms with Crippen molar-refractivity contribution in [2.24, 2.45) is 11.7 Å². The fourth-order valence-corrected chi connectivity index (χ4v) is 5.22. The molecule has 0 aliphatic carbocycles. The first kappa shape index (κ1) is 40.8. The van der Waals surface area contributed by atoms with Gasteiger partial charge in [-0.15, -0.1) is 0 Å². The highest BCUT2D eigenvalue weighted by molar-refractivity contribution is 5.94. The van der Waals surface area contributed by atoms with Gasteiger partial charge in [0.15, 0.2) is 6.29 Å². The van der Waals surface area contributed by atoms with Crippen LogP contribution in [0.5, 0.6) is 5.75 Å². The summed E-state index contributed by atoms with van der Waals surface area (Å²) in [7, 11) is 0. The molecule has 1 aliphatic rings. The summed E-state index contributed by atoms with van der Waals surface area (Å²) in [4.78, 5) is 64.4. The second-order valence-corrected chi connectivity index (χ2v) is 12.8. The second kappa shape index (κ2) is 19.7.